The maximum Gasteiger partial charge on any atom is 0.261 e. The predicted molar refractivity (Wildman–Crippen MR) is 72.5 cm³/mol. The molecule has 0 saturated heterocycles. The first-order chi connectivity index (χ1) is 8.60. The molecule has 1 heterocycles. The second-order valence-electron chi connectivity index (χ2n) is 3.93. The number of hydrogen-bond acceptors (Lipinski definition) is 4. The van der Waals surface area contributed by atoms with Crippen molar-refractivity contribution in [3.63, 3.8) is 0 Å². The van der Waals surface area contributed by atoms with Gasteiger partial charge in [0.05, 0.1) is 12.7 Å². The van der Waals surface area contributed by atoms with Crippen molar-refractivity contribution in [2.24, 2.45) is 0 Å². The van der Waals surface area contributed by atoms with Crippen LogP contribution in [-0.4, -0.2) is 18.0 Å². The van der Waals surface area contributed by atoms with Gasteiger partial charge in [0, 0.05) is 11.1 Å². The fourth-order valence-electron chi connectivity index (χ4n) is 1.56. The van der Waals surface area contributed by atoms with Crippen molar-refractivity contribution >= 4 is 22.4 Å². The SMILES string of the molecule is COc1cc(C)ccc1C(=O)Nc1ncc(C)s1. The molecular formula is C13H14N2O2S. The molecule has 0 radical (unpaired) electrons. The molecular weight excluding hydrogens is 248 g/mol. The Morgan fingerprint density at radius 2 is 2.17 bits per heavy atom. The van der Waals surface area contributed by atoms with Crippen molar-refractivity contribution in [3.05, 3.63) is 40.4 Å². The summed E-state index contributed by atoms with van der Waals surface area (Å²) in [5, 5.41) is 3.36. The first kappa shape index (κ1) is 12.6. The quantitative estimate of drug-likeness (QED) is 0.925. The van der Waals surface area contributed by atoms with E-state index >= 15 is 0 Å². The zero-order valence-corrected chi connectivity index (χ0v) is 11.3. The van der Waals surface area contributed by atoms with Gasteiger partial charge in [0.2, 0.25) is 0 Å². The van der Waals surface area contributed by atoms with Gasteiger partial charge in [0.25, 0.3) is 5.91 Å². The van der Waals surface area contributed by atoms with E-state index in [2.05, 4.69) is 10.3 Å². The van der Waals surface area contributed by atoms with Crippen LogP contribution in [0.25, 0.3) is 0 Å². The number of methoxy groups -OCH3 is 1. The minimum absolute atomic E-state index is 0.207. The number of benzene rings is 1. The minimum atomic E-state index is -0.207. The molecule has 0 aliphatic heterocycles. The molecule has 0 spiro atoms. The topological polar surface area (TPSA) is 51.2 Å². The van der Waals surface area contributed by atoms with Gasteiger partial charge in [-0.15, -0.1) is 11.3 Å². The Morgan fingerprint density at radius 1 is 1.39 bits per heavy atom. The number of thiazole rings is 1. The Bertz CT molecular complexity index is 578. The lowest BCUT2D eigenvalue weighted by molar-refractivity contribution is 0.102. The predicted octanol–water partition coefficient (Wildman–Crippen LogP) is 3.02. The van der Waals surface area contributed by atoms with E-state index in [4.69, 9.17) is 4.74 Å². The molecule has 2 aromatic rings. The molecule has 0 aliphatic carbocycles. The summed E-state index contributed by atoms with van der Waals surface area (Å²) in [6.07, 6.45) is 1.73. The number of carbonyl (C=O) groups is 1. The second kappa shape index (κ2) is 5.18. The van der Waals surface area contributed by atoms with Crippen molar-refractivity contribution in [2.45, 2.75) is 13.8 Å². The van der Waals surface area contributed by atoms with Gasteiger partial charge in [-0.05, 0) is 31.5 Å². The van der Waals surface area contributed by atoms with Crippen LogP contribution in [0.4, 0.5) is 5.13 Å². The molecule has 0 saturated carbocycles. The number of ether oxygens (including phenoxy) is 1. The normalized spacial score (nSPS) is 10.2. The van der Waals surface area contributed by atoms with E-state index in [0.29, 0.717) is 16.4 Å². The van der Waals surface area contributed by atoms with Crippen molar-refractivity contribution in [2.75, 3.05) is 12.4 Å². The van der Waals surface area contributed by atoms with E-state index < -0.39 is 0 Å². The first-order valence-corrected chi connectivity index (χ1v) is 6.30. The van der Waals surface area contributed by atoms with Crippen LogP contribution in [0.3, 0.4) is 0 Å². The van der Waals surface area contributed by atoms with E-state index in [-0.39, 0.29) is 5.91 Å². The lowest BCUT2D eigenvalue weighted by atomic mass is 10.1. The van der Waals surface area contributed by atoms with Crippen LogP contribution in [-0.2, 0) is 0 Å². The van der Waals surface area contributed by atoms with Gasteiger partial charge in [-0.3, -0.25) is 10.1 Å². The standard InChI is InChI=1S/C13H14N2O2S/c1-8-4-5-10(11(6-8)17-3)12(16)15-13-14-7-9(2)18-13/h4-7H,1-3H3,(H,14,15,16). The highest BCUT2D eigenvalue weighted by atomic mass is 32.1. The highest BCUT2D eigenvalue weighted by molar-refractivity contribution is 7.15. The zero-order chi connectivity index (χ0) is 13.1. The third-order valence-corrected chi connectivity index (χ3v) is 3.27. The Balaban J connectivity index is 2.23. The van der Waals surface area contributed by atoms with E-state index in [1.807, 2.05) is 26.0 Å². The van der Waals surface area contributed by atoms with Crippen LogP contribution in [0.1, 0.15) is 20.8 Å². The van der Waals surface area contributed by atoms with Crippen LogP contribution in [0.5, 0.6) is 5.75 Å². The molecule has 94 valence electrons. The number of aryl methyl sites for hydroxylation is 2. The zero-order valence-electron chi connectivity index (χ0n) is 10.5. The molecule has 0 aliphatic rings. The summed E-state index contributed by atoms with van der Waals surface area (Å²) in [4.78, 5) is 17.2. The molecule has 4 nitrogen and oxygen atoms in total. The van der Waals surface area contributed by atoms with Gasteiger partial charge in [0.15, 0.2) is 5.13 Å². The van der Waals surface area contributed by atoms with Gasteiger partial charge >= 0.3 is 0 Å². The van der Waals surface area contributed by atoms with Crippen molar-refractivity contribution in [3.8, 4) is 5.75 Å². The maximum absolute atomic E-state index is 12.1. The van der Waals surface area contributed by atoms with E-state index in [1.165, 1.54) is 11.3 Å². The molecule has 0 unspecified atom stereocenters. The average molecular weight is 262 g/mol. The fraction of sp³-hybridized carbons (Fsp3) is 0.231. The average Bonchev–Trinajstić information content (AvgIpc) is 2.74. The summed E-state index contributed by atoms with van der Waals surface area (Å²) >= 11 is 1.44. The fourth-order valence-corrected chi connectivity index (χ4v) is 2.22. The van der Waals surface area contributed by atoms with Crippen LogP contribution < -0.4 is 10.1 Å². The number of aromatic nitrogens is 1. The van der Waals surface area contributed by atoms with E-state index in [0.717, 1.165) is 10.4 Å². The molecule has 2 rings (SSSR count). The van der Waals surface area contributed by atoms with Gasteiger partial charge in [0.1, 0.15) is 5.75 Å². The summed E-state index contributed by atoms with van der Waals surface area (Å²) in [7, 11) is 1.55. The molecule has 1 aromatic heterocycles. The van der Waals surface area contributed by atoms with Crippen LogP contribution in [0.2, 0.25) is 0 Å². The largest absolute Gasteiger partial charge is 0.496 e. The van der Waals surface area contributed by atoms with Crippen molar-refractivity contribution in [1.29, 1.82) is 0 Å². The van der Waals surface area contributed by atoms with Gasteiger partial charge < -0.3 is 4.74 Å². The highest BCUT2D eigenvalue weighted by Crippen LogP contribution is 2.22. The third kappa shape index (κ3) is 2.68. The Morgan fingerprint density at radius 3 is 2.78 bits per heavy atom. The van der Waals surface area contributed by atoms with E-state index in [9.17, 15) is 4.79 Å². The number of anilines is 1. The van der Waals surface area contributed by atoms with Gasteiger partial charge in [-0.25, -0.2) is 4.98 Å². The van der Waals surface area contributed by atoms with Crippen LogP contribution in [0.15, 0.2) is 24.4 Å². The smallest absolute Gasteiger partial charge is 0.261 e. The molecule has 0 atom stereocenters. The number of nitrogens with zero attached hydrogens (tertiary/aromatic N) is 1. The molecule has 1 N–H and O–H groups in total. The van der Waals surface area contributed by atoms with Crippen LogP contribution in [0, 0.1) is 13.8 Å². The maximum atomic E-state index is 12.1. The first-order valence-electron chi connectivity index (χ1n) is 5.48. The Hall–Kier alpha value is -1.88. The lowest BCUT2D eigenvalue weighted by Gasteiger charge is -2.08. The number of nitrogens with one attached hydrogen (secondary N) is 1. The monoisotopic (exact) mass is 262 g/mol. The van der Waals surface area contributed by atoms with Crippen LogP contribution >= 0.6 is 11.3 Å². The molecule has 0 bridgehead atoms. The minimum Gasteiger partial charge on any atom is -0.496 e. The third-order valence-electron chi connectivity index (χ3n) is 2.44. The highest BCUT2D eigenvalue weighted by Gasteiger charge is 2.13. The molecule has 1 aromatic carbocycles. The Labute approximate surface area is 110 Å². The summed E-state index contributed by atoms with van der Waals surface area (Å²) < 4.78 is 5.21. The van der Waals surface area contributed by atoms with Crippen molar-refractivity contribution in [1.82, 2.24) is 4.98 Å². The Kier molecular flexibility index (Phi) is 3.62. The van der Waals surface area contributed by atoms with Gasteiger partial charge in [-0.2, -0.15) is 0 Å². The molecule has 18 heavy (non-hydrogen) atoms. The summed E-state index contributed by atoms with van der Waals surface area (Å²) in [5.74, 6) is 0.363. The summed E-state index contributed by atoms with van der Waals surface area (Å²) in [6, 6.07) is 5.47. The lowest BCUT2D eigenvalue weighted by Crippen LogP contribution is -2.13. The summed E-state index contributed by atoms with van der Waals surface area (Å²) in [6.45, 7) is 3.90. The van der Waals surface area contributed by atoms with E-state index in [1.54, 1.807) is 19.4 Å². The number of amides is 1. The van der Waals surface area contributed by atoms with Crippen molar-refractivity contribution < 1.29 is 9.53 Å². The molecule has 5 heteroatoms. The molecule has 0 fully saturated rings. The second-order valence-corrected chi connectivity index (χ2v) is 5.17. The molecule has 1 amide bonds. The van der Waals surface area contributed by atoms with Gasteiger partial charge in [-0.1, -0.05) is 6.07 Å². The number of rotatable bonds is 3. The summed E-state index contributed by atoms with van der Waals surface area (Å²) in [5.41, 5.74) is 1.56. The number of hydrogen-bond donors (Lipinski definition) is 1. The number of carbonyl (C=O) groups excluding carboxylic acids is 1.